The number of hydrogen-bond donors (Lipinski definition) is 5. The van der Waals surface area contributed by atoms with Gasteiger partial charge in [-0.2, -0.15) is 0 Å². The van der Waals surface area contributed by atoms with E-state index in [9.17, 15) is 30.0 Å². The molecule has 5 rings (SSSR count). The van der Waals surface area contributed by atoms with Gasteiger partial charge >= 0.3 is 5.97 Å². The SMILES string of the molecule is CC[C@H]1OC(=O)C[C@@H](O)[C@H](C)[C@@H](O[C@@H]2O[C@H](C)[C@@H](O)[C@H](N(C)C)[C@H]2O)[C@@H](CCN(CCn2cc(-c3cccc(N)c3)nn2)Cc2ccccc2)C[C@@H](C)C(=O)/C=C/C(C)=C/[C@@H]1CO. The number of cyclic esters (lactones) is 1. The Morgan fingerprint density at radius 2 is 1.73 bits per heavy atom. The first-order valence-electron chi connectivity index (χ1n) is 22.3. The Balaban J connectivity index is 1.50. The number of ketones is 1. The molecule has 346 valence electrons. The van der Waals surface area contributed by atoms with E-state index in [1.165, 1.54) is 0 Å². The summed E-state index contributed by atoms with van der Waals surface area (Å²) in [6.45, 7) is 11.1. The second-order valence-electron chi connectivity index (χ2n) is 17.7. The fourth-order valence-corrected chi connectivity index (χ4v) is 8.80. The molecule has 3 heterocycles. The summed E-state index contributed by atoms with van der Waals surface area (Å²) in [6, 6.07) is 16.9. The van der Waals surface area contributed by atoms with Crippen LogP contribution in [0.15, 0.2) is 84.6 Å². The number of aliphatic hydroxyl groups is 4. The number of nitrogens with two attached hydrogens (primary N) is 1. The van der Waals surface area contributed by atoms with Crippen LogP contribution in [-0.4, -0.2) is 140 Å². The minimum Gasteiger partial charge on any atom is -0.462 e. The summed E-state index contributed by atoms with van der Waals surface area (Å²) in [5, 5.41) is 53.7. The van der Waals surface area contributed by atoms with Gasteiger partial charge in [0.25, 0.3) is 0 Å². The first-order valence-corrected chi connectivity index (χ1v) is 22.3. The van der Waals surface area contributed by atoms with Crippen LogP contribution in [0.1, 0.15) is 65.9 Å². The maximum Gasteiger partial charge on any atom is 0.308 e. The predicted molar refractivity (Wildman–Crippen MR) is 241 cm³/mol. The van der Waals surface area contributed by atoms with Crippen LogP contribution in [0.25, 0.3) is 11.3 Å². The van der Waals surface area contributed by atoms with Crippen LogP contribution in [0.4, 0.5) is 5.69 Å². The van der Waals surface area contributed by atoms with E-state index >= 15 is 0 Å². The number of anilines is 1. The number of esters is 1. The van der Waals surface area contributed by atoms with E-state index < -0.39 is 78.6 Å². The van der Waals surface area contributed by atoms with E-state index in [2.05, 4.69) is 27.3 Å². The van der Waals surface area contributed by atoms with Gasteiger partial charge in [0.05, 0.1) is 56.2 Å². The van der Waals surface area contributed by atoms with Crippen LogP contribution < -0.4 is 5.73 Å². The predicted octanol–water partition coefficient (Wildman–Crippen LogP) is 4.25. The number of ether oxygens (including phenoxy) is 3. The van der Waals surface area contributed by atoms with Gasteiger partial charge in [-0.1, -0.05) is 86.2 Å². The molecule has 0 saturated carbocycles. The number of benzene rings is 2. The zero-order valence-corrected chi connectivity index (χ0v) is 37.9. The van der Waals surface area contributed by atoms with Crippen LogP contribution in [0.5, 0.6) is 0 Å². The van der Waals surface area contributed by atoms with Crippen molar-refractivity contribution >= 4 is 17.4 Å². The molecule has 1 saturated heterocycles. The molecule has 0 unspecified atom stereocenters. The van der Waals surface area contributed by atoms with Gasteiger partial charge in [0.2, 0.25) is 0 Å². The number of aliphatic hydroxyl groups excluding tert-OH is 4. The lowest BCUT2D eigenvalue weighted by Gasteiger charge is -2.46. The molecule has 0 bridgehead atoms. The minimum absolute atomic E-state index is 0.104. The molecule has 0 aliphatic carbocycles. The number of allylic oxidation sites excluding steroid dienone is 3. The number of aromatic nitrogens is 3. The quantitative estimate of drug-likeness (QED) is 0.114. The topological polar surface area (TPSA) is 206 Å². The van der Waals surface area contributed by atoms with Crippen molar-refractivity contribution in [2.45, 2.75) is 122 Å². The zero-order valence-electron chi connectivity index (χ0n) is 37.9. The molecule has 1 fully saturated rings. The van der Waals surface area contributed by atoms with Gasteiger partial charge in [-0.3, -0.25) is 19.2 Å². The molecule has 0 amide bonds. The molecule has 2 aromatic carbocycles. The summed E-state index contributed by atoms with van der Waals surface area (Å²) < 4.78 is 20.7. The first kappa shape index (κ1) is 49.7. The van der Waals surface area contributed by atoms with E-state index in [0.717, 1.165) is 16.7 Å². The van der Waals surface area contributed by atoms with Crippen LogP contribution in [0, 0.1) is 23.7 Å². The molecule has 15 nitrogen and oxygen atoms in total. The van der Waals surface area contributed by atoms with Crippen molar-refractivity contribution in [3.05, 3.63) is 90.2 Å². The van der Waals surface area contributed by atoms with Gasteiger partial charge < -0.3 is 45.3 Å². The van der Waals surface area contributed by atoms with Crippen LogP contribution in [0.3, 0.4) is 0 Å². The smallest absolute Gasteiger partial charge is 0.308 e. The molecule has 63 heavy (non-hydrogen) atoms. The Morgan fingerprint density at radius 1 is 0.984 bits per heavy atom. The Kier molecular flexibility index (Phi) is 18.6. The Morgan fingerprint density at radius 3 is 2.41 bits per heavy atom. The maximum atomic E-state index is 13.9. The normalized spacial score (nSPS) is 31.7. The van der Waals surface area contributed by atoms with Crippen molar-refractivity contribution in [2.24, 2.45) is 23.7 Å². The van der Waals surface area contributed by atoms with Crippen molar-refractivity contribution in [2.75, 3.05) is 39.5 Å². The van der Waals surface area contributed by atoms with Gasteiger partial charge in [-0.15, -0.1) is 5.10 Å². The van der Waals surface area contributed by atoms with Gasteiger partial charge in [-0.05, 0) is 83.4 Å². The summed E-state index contributed by atoms with van der Waals surface area (Å²) in [7, 11) is 3.53. The highest BCUT2D eigenvalue weighted by Gasteiger charge is 2.47. The van der Waals surface area contributed by atoms with E-state index in [1.807, 2.05) is 69.4 Å². The minimum atomic E-state index is -1.27. The number of nitrogen functional groups attached to an aromatic ring is 1. The van der Waals surface area contributed by atoms with E-state index in [-0.39, 0.29) is 18.8 Å². The van der Waals surface area contributed by atoms with E-state index in [0.29, 0.717) is 56.8 Å². The number of rotatable bonds is 14. The third kappa shape index (κ3) is 13.8. The van der Waals surface area contributed by atoms with E-state index in [1.54, 1.807) is 55.8 Å². The number of carbonyl (C=O) groups excluding carboxylic acids is 2. The van der Waals surface area contributed by atoms with Crippen molar-refractivity contribution < 1.29 is 44.2 Å². The third-order valence-corrected chi connectivity index (χ3v) is 12.6. The number of hydrogen-bond acceptors (Lipinski definition) is 14. The molecular weight excluding hydrogens is 805 g/mol. The summed E-state index contributed by atoms with van der Waals surface area (Å²) in [5.41, 5.74) is 10.1. The second kappa shape index (κ2) is 23.6. The van der Waals surface area contributed by atoms with Crippen molar-refractivity contribution in [3.8, 4) is 11.3 Å². The summed E-state index contributed by atoms with van der Waals surface area (Å²) >= 11 is 0. The second-order valence-corrected chi connectivity index (χ2v) is 17.7. The Bertz CT molecular complexity index is 1960. The lowest BCUT2D eigenvalue weighted by Crippen LogP contribution is -2.63. The van der Waals surface area contributed by atoms with Gasteiger partial charge in [0, 0.05) is 42.1 Å². The standard InChI is InChI=1S/C48H70N6O9/c1-8-42-37(29-55)23-30(2)17-18-40(56)31(3)24-36(47(32(4)41(57)26-43(58)62-42)63-48-46(60)44(52(6)7)45(59)33(5)61-48)19-20-53(27-34-13-10-9-11-14-34)21-22-54-28-39(50-51-54)35-15-12-16-38(49)25-35/h9-18,23,25,28,31-33,36-37,41-42,44-48,55,57,59-60H,8,19-22,24,26-27,29,49H2,1-7H3/b18-17+,30-23+/t31-,32+,33-,36+,37-,41-,42-,44+,45-,46-,47-,48+/m1/s1. The average Bonchev–Trinajstić information content (AvgIpc) is 3.74. The molecule has 0 spiro atoms. The highest BCUT2D eigenvalue weighted by Crippen LogP contribution is 2.35. The first-order chi connectivity index (χ1) is 30.1. The van der Waals surface area contributed by atoms with Gasteiger partial charge in [-0.25, -0.2) is 0 Å². The maximum absolute atomic E-state index is 13.9. The average molecular weight is 875 g/mol. The molecule has 3 aromatic rings. The lowest BCUT2D eigenvalue weighted by atomic mass is 9.79. The molecule has 12 atom stereocenters. The van der Waals surface area contributed by atoms with Gasteiger partial charge in [0.1, 0.15) is 17.9 Å². The molecular formula is C48H70N6O9. The Hall–Kier alpha value is -4.32. The van der Waals surface area contributed by atoms with Crippen molar-refractivity contribution in [1.82, 2.24) is 24.8 Å². The highest BCUT2D eigenvalue weighted by molar-refractivity contribution is 5.91. The fraction of sp³-hybridized carbons (Fsp3) is 0.583. The van der Waals surface area contributed by atoms with Gasteiger partial charge in [0.15, 0.2) is 12.1 Å². The van der Waals surface area contributed by atoms with Crippen molar-refractivity contribution in [1.29, 1.82) is 0 Å². The Labute approximate surface area is 372 Å². The molecule has 2 aliphatic heterocycles. The number of carbonyl (C=O) groups is 2. The molecule has 1 aromatic heterocycles. The summed E-state index contributed by atoms with van der Waals surface area (Å²) in [5.74, 6) is -2.85. The number of nitrogens with zero attached hydrogens (tertiary/aromatic N) is 5. The van der Waals surface area contributed by atoms with Crippen LogP contribution >= 0.6 is 0 Å². The third-order valence-electron chi connectivity index (χ3n) is 12.6. The highest BCUT2D eigenvalue weighted by atomic mass is 16.7. The fourth-order valence-electron chi connectivity index (χ4n) is 8.80. The van der Waals surface area contributed by atoms with Crippen LogP contribution in [-0.2, 0) is 36.9 Å². The largest absolute Gasteiger partial charge is 0.462 e. The zero-order chi connectivity index (χ0) is 45.8. The molecule has 15 heteroatoms. The number of likely N-dealkylation sites (N-methyl/N-ethyl adjacent to an activating group) is 1. The monoisotopic (exact) mass is 875 g/mol. The molecule has 6 N–H and O–H groups in total. The summed E-state index contributed by atoms with van der Waals surface area (Å²) in [6.07, 6.45) is 0.974. The van der Waals surface area contributed by atoms with Crippen LogP contribution in [0.2, 0.25) is 0 Å². The lowest BCUT2D eigenvalue weighted by molar-refractivity contribution is -0.304. The summed E-state index contributed by atoms with van der Waals surface area (Å²) in [4.78, 5) is 31.5. The molecule has 2 aliphatic rings. The van der Waals surface area contributed by atoms with E-state index in [4.69, 9.17) is 19.9 Å². The molecule has 0 radical (unpaired) electrons. The van der Waals surface area contributed by atoms with Crippen molar-refractivity contribution in [3.63, 3.8) is 0 Å².